The van der Waals surface area contributed by atoms with Crippen LogP contribution < -0.4 is 10.2 Å². The molecule has 1 heterocycles. The number of anilines is 1. The molecule has 0 unspecified atom stereocenters. The van der Waals surface area contributed by atoms with Crippen molar-refractivity contribution in [3.63, 3.8) is 0 Å². The summed E-state index contributed by atoms with van der Waals surface area (Å²) in [6.07, 6.45) is 0.487. The van der Waals surface area contributed by atoms with Crippen LogP contribution in [0.25, 0.3) is 0 Å². The Labute approximate surface area is 120 Å². The van der Waals surface area contributed by atoms with Gasteiger partial charge in [-0.05, 0) is 24.1 Å². The topological polar surface area (TPSA) is 55.8 Å². The van der Waals surface area contributed by atoms with Crippen LogP contribution in [0.15, 0.2) is 24.3 Å². The molecule has 0 spiro atoms. The second-order valence-corrected chi connectivity index (χ2v) is 5.52. The molecule has 20 heavy (non-hydrogen) atoms. The molecule has 1 aliphatic heterocycles. The smallest absolute Gasteiger partial charge is 0.234 e. The molecule has 2 N–H and O–H groups in total. The van der Waals surface area contributed by atoms with Gasteiger partial charge < -0.3 is 15.3 Å². The van der Waals surface area contributed by atoms with Crippen molar-refractivity contribution in [1.29, 1.82) is 0 Å². The first-order valence-corrected chi connectivity index (χ1v) is 6.98. The van der Waals surface area contributed by atoms with Crippen molar-refractivity contribution in [2.45, 2.75) is 19.1 Å². The molecule has 5 nitrogen and oxygen atoms in total. The van der Waals surface area contributed by atoms with Gasteiger partial charge in [0.2, 0.25) is 5.91 Å². The summed E-state index contributed by atoms with van der Waals surface area (Å²) in [4.78, 5) is 15.8. The quantitative estimate of drug-likeness (QED) is 0.820. The van der Waals surface area contributed by atoms with Crippen LogP contribution in [-0.4, -0.2) is 55.7 Å². The van der Waals surface area contributed by atoms with Crippen LogP contribution in [0.1, 0.15) is 12.0 Å². The normalized spacial score (nSPS) is 19.1. The minimum atomic E-state index is -0.277. The third-order valence-electron chi connectivity index (χ3n) is 3.56. The molecule has 0 saturated carbocycles. The predicted octanol–water partition coefficient (Wildman–Crippen LogP) is 0.435. The molecule has 2 rings (SSSR count). The number of carbonyl (C=O) groups is 1. The van der Waals surface area contributed by atoms with Crippen LogP contribution in [-0.2, 0) is 11.3 Å². The van der Waals surface area contributed by atoms with Gasteiger partial charge in [-0.1, -0.05) is 12.1 Å². The Hall–Kier alpha value is -1.59. The van der Waals surface area contributed by atoms with Crippen LogP contribution in [0.5, 0.6) is 0 Å². The van der Waals surface area contributed by atoms with E-state index in [4.69, 9.17) is 0 Å². The number of benzene rings is 1. The number of aliphatic hydroxyl groups excluding tert-OH is 1. The molecule has 0 aliphatic carbocycles. The SMILES string of the molecule is CN(C)c1ccc(CNC(=O)CN2CC[C@H](O)C2)cc1. The molecule has 0 bridgehead atoms. The lowest BCUT2D eigenvalue weighted by Crippen LogP contribution is -2.36. The highest BCUT2D eigenvalue weighted by Gasteiger charge is 2.21. The van der Waals surface area contributed by atoms with Gasteiger partial charge in [-0.2, -0.15) is 0 Å². The van der Waals surface area contributed by atoms with E-state index in [0.29, 0.717) is 19.6 Å². The Morgan fingerprint density at radius 3 is 2.65 bits per heavy atom. The van der Waals surface area contributed by atoms with Crippen molar-refractivity contribution < 1.29 is 9.90 Å². The second kappa shape index (κ2) is 6.72. The molecule has 1 saturated heterocycles. The van der Waals surface area contributed by atoms with Gasteiger partial charge >= 0.3 is 0 Å². The fourth-order valence-corrected chi connectivity index (χ4v) is 2.33. The van der Waals surface area contributed by atoms with Crippen molar-refractivity contribution in [2.75, 3.05) is 38.6 Å². The zero-order valence-corrected chi connectivity index (χ0v) is 12.2. The van der Waals surface area contributed by atoms with E-state index in [2.05, 4.69) is 5.32 Å². The fourth-order valence-electron chi connectivity index (χ4n) is 2.33. The molecule has 1 amide bonds. The maximum atomic E-state index is 11.8. The summed E-state index contributed by atoms with van der Waals surface area (Å²) in [7, 11) is 4.00. The van der Waals surface area contributed by atoms with Crippen LogP contribution in [0.4, 0.5) is 5.69 Å². The van der Waals surface area contributed by atoms with Crippen molar-refractivity contribution in [1.82, 2.24) is 10.2 Å². The van der Waals surface area contributed by atoms with Crippen LogP contribution in [0, 0.1) is 0 Å². The monoisotopic (exact) mass is 277 g/mol. The van der Waals surface area contributed by atoms with Gasteiger partial charge in [0.15, 0.2) is 0 Å². The predicted molar refractivity (Wildman–Crippen MR) is 79.7 cm³/mol. The van der Waals surface area contributed by atoms with E-state index < -0.39 is 0 Å². The standard InChI is InChI=1S/C15H23N3O2/c1-17(2)13-5-3-12(4-6-13)9-16-15(20)11-18-8-7-14(19)10-18/h3-6,14,19H,7-11H2,1-2H3,(H,16,20)/t14-/m0/s1. The molecule has 1 aromatic rings. The number of rotatable bonds is 5. The van der Waals surface area contributed by atoms with Crippen molar-refractivity contribution in [2.24, 2.45) is 0 Å². The van der Waals surface area contributed by atoms with Gasteiger partial charge in [0, 0.05) is 39.4 Å². The molecular formula is C15H23N3O2. The van der Waals surface area contributed by atoms with E-state index in [0.717, 1.165) is 24.2 Å². The van der Waals surface area contributed by atoms with E-state index in [1.165, 1.54) is 0 Å². The van der Waals surface area contributed by atoms with Crippen LogP contribution in [0.2, 0.25) is 0 Å². The van der Waals surface area contributed by atoms with Gasteiger partial charge in [0.1, 0.15) is 0 Å². The van der Waals surface area contributed by atoms with Gasteiger partial charge in [-0.25, -0.2) is 0 Å². The van der Waals surface area contributed by atoms with E-state index in [1.807, 2.05) is 48.2 Å². The summed E-state index contributed by atoms with van der Waals surface area (Å²) in [5.41, 5.74) is 2.23. The minimum Gasteiger partial charge on any atom is -0.392 e. The molecule has 1 aliphatic rings. The molecule has 1 atom stereocenters. The Bertz CT molecular complexity index is 445. The number of carbonyl (C=O) groups excluding carboxylic acids is 1. The number of likely N-dealkylation sites (tertiary alicyclic amines) is 1. The lowest BCUT2D eigenvalue weighted by atomic mass is 10.2. The number of hydrogen-bond donors (Lipinski definition) is 2. The van der Waals surface area contributed by atoms with E-state index in [9.17, 15) is 9.90 Å². The van der Waals surface area contributed by atoms with Crippen LogP contribution in [0.3, 0.4) is 0 Å². The lowest BCUT2D eigenvalue weighted by molar-refractivity contribution is -0.122. The zero-order chi connectivity index (χ0) is 14.5. The Balaban J connectivity index is 1.75. The molecule has 1 fully saturated rings. The first-order valence-electron chi connectivity index (χ1n) is 6.98. The number of aliphatic hydroxyl groups is 1. The molecule has 5 heteroatoms. The number of β-amino-alcohol motifs (C(OH)–C–C–N with tert-alkyl or cyclic N) is 1. The summed E-state index contributed by atoms with van der Waals surface area (Å²) in [6.45, 7) is 2.31. The molecular weight excluding hydrogens is 254 g/mol. The summed E-state index contributed by atoms with van der Waals surface area (Å²) in [5.74, 6) is 0.00999. The maximum absolute atomic E-state index is 11.8. The molecule has 110 valence electrons. The van der Waals surface area contributed by atoms with E-state index >= 15 is 0 Å². The largest absolute Gasteiger partial charge is 0.392 e. The first kappa shape index (κ1) is 14.8. The molecule has 0 radical (unpaired) electrons. The Morgan fingerprint density at radius 1 is 1.40 bits per heavy atom. The number of nitrogens with zero attached hydrogens (tertiary/aromatic N) is 2. The van der Waals surface area contributed by atoms with E-state index in [-0.39, 0.29) is 12.0 Å². The second-order valence-electron chi connectivity index (χ2n) is 5.52. The van der Waals surface area contributed by atoms with Gasteiger partial charge in [0.25, 0.3) is 0 Å². The lowest BCUT2D eigenvalue weighted by Gasteiger charge is -2.15. The third kappa shape index (κ3) is 4.21. The fraction of sp³-hybridized carbons (Fsp3) is 0.533. The number of amides is 1. The summed E-state index contributed by atoms with van der Waals surface area (Å²) in [5, 5.41) is 12.3. The van der Waals surface area contributed by atoms with Crippen molar-refractivity contribution in [3.8, 4) is 0 Å². The van der Waals surface area contributed by atoms with Crippen molar-refractivity contribution in [3.05, 3.63) is 29.8 Å². The zero-order valence-electron chi connectivity index (χ0n) is 12.2. The molecule has 1 aromatic carbocycles. The van der Waals surface area contributed by atoms with Crippen molar-refractivity contribution >= 4 is 11.6 Å². The van der Waals surface area contributed by atoms with E-state index in [1.54, 1.807) is 0 Å². The third-order valence-corrected chi connectivity index (χ3v) is 3.56. The number of nitrogens with one attached hydrogen (secondary N) is 1. The summed E-state index contributed by atoms with van der Waals surface area (Å²) >= 11 is 0. The first-order chi connectivity index (χ1) is 9.54. The van der Waals surface area contributed by atoms with Gasteiger partial charge in [-0.3, -0.25) is 9.69 Å². The highest BCUT2D eigenvalue weighted by Crippen LogP contribution is 2.12. The van der Waals surface area contributed by atoms with Gasteiger partial charge in [0.05, 0.1) is 12.6 Å². The highest BCUT2D eigenvalue weighted by molar-refractivity contribution is 5.78. The Morgan fingerprint density at radius 2 is 2.10 bits per heavy atom. The van der Waals surface area contributed by atoms with Crippen LogP contribution >= 0.6 is 0 Å². The number of hydrogen-bond acceptors (Lipinski definition) is 4. The Kier molecular flexibility index (Phi) is 4.98. The highest BCUT2D eigenvalue weighted by atomic mass is 16.3. The summed E-state index contributed by atoms with van der Waals surface area (Å²) in [6, 6.07) is 8.13. The average molecular weight is 277 g/mol. The minimum absolute atomic E-state index is 0.00999. The maximum Gasteiger partial charge on any atom is 0.234 e. The average Bonchev–Trinajstić information content (AvgIpc) is 2.82. The van der Waals surface area contributed by atoms with Gasteiger partial charge in [-0.15, -0.1) is 0 Å². The summed E-state index contributed by atoms with van der Waals surface area (Å²) < 4.78 is 0. The molecule has 0 aromatic heterocycles.